The summed E-state index contributed by atoms with van der Waals surface area (Å²) in [7, 11) is 1.69. The van der Waals surface area contributed by atoms with Gasteiger partial charge in [0.15, 0.2) is 0 Å². The normalized spacial score (nSPS) is 15.4. The maximum absolute atomic E-state index is 10.1. The number of nitrogens with zero attached hydrogens (tertiary/aromatic N) is 3. The molecule has 1 aliphatic rings. The number of rotatable bonds is 9. The van der Waals surface area contributed by atoms with Crippen molar-refractivity contribution in [2.75, 3.05) is 39.8 Å². The Kier molecular flexibility index (Phi) is 7.65. The zero-order valence-corrected chi connectivity index (χ0v) is 20.4. The van der Waals surface area contributed by atoms with Crippen molar-refractivity contribution < 1.29 is 9.84 Å². The van der Waals surface area contributed by atoms with Crippen molar-refractivity contribution in [3.63, 3.8) is 0 Å². The molecule has 0 saturated carbocycles. The number of pyridine rings is 1. The van der Waals surface area contributed by atoms with E-state index in [2.05, 4.69) is 39.0 Å². The summed E-state index contributed by atoms with van der Waals surface area (Å²) in [6, 6.07) is 14.4. The standard InChI is InChI=1S/C27H35N5O2/c1-19(28)27(20(2)33)24-10-11-26-25(30-24)18-22(7-4-21-5-8-23(34-3)9-6-21)32(26)17-16-31-14-12-29-13-15-31/h5-6,8-11,18,28-29,33H,4,7,12-17H2,1-3H3/b27-20+,28-19?. The van der Waals surface area contributed by atoms with Crippen LogP contribution in [0.1, 0.15) is 30.8 Å². The number of piperazine rings is 1. The van der Waals surface area contributed by atoms with Gasteiger partial charge in [-0.05, 0) is 62.6 Å². The zero-order valence-electron chi connectivity index (χ0n) is 20.4. The number of hydrogen-bond donors (Lipinski definition) is 3. The Morgan fingerprint density at radius 2 is 1.79 bits per heavy atom. The van der Waals surface area contributed by atoms with Gasteiger partial charge in [0.1, 0.15) is 11.5 Å². The average Bonchev–Trinajstić information content (AvgIpc) is 3.18. The zero-order chi connectivity index (χ0) is 24.1. The molecule has 7 heteroatoms. The molecule has 180 valence electrons. The molecular formula is C27H35N5O2. The maximum atomic E-state index is 10.1. The van der Waals surface area contributed by atoms with E-state index in [9.17, 15) is 5.11 Å². The number of aliphatic hydroxyl groups is 1. The van der Waals surface area contributed by atoms with Gasteiger partial charge in [-0.1, -0.05) is 12.1 Å². The van der Waals surface area contributed by atoms with Crippen molar-refractivity contribution in [1.29, 1.82) is 5.41 Å². The Morgan fingerprint density at radius 3 is 2.44 bits per heavy atom. The molecule has 4 rings (SSSR count). The molecule has 1 aromatic carbocycles. The van der Waals surface area contributed by atoms with Crippen LogP contribution >= 0.6 is 0 Å². The van der Waals surface area contributed by atoms with E-state index < -0.39 is 0 Å². The summed E-state index contributed by atoms with van der Waals surface area (Å²) in [6.07, 6.45) is 1.84. The Morgan fingerprint density at radius 1 is 1.06 bits per heavy atom. The molecule has 7 nitrogen and oxygen atoms in total. The molecule has 0 aliphatic carbocycles. The Hall–Kier alpha value is -3.16. The van der Waals surface area contributed by atoms with E-state index in [4.69, 9.17) is 15.1 Å². The molecule has 0 bridgehead atoms. The molecule has 1 aliphatic heterocycles. The molecule has 0 atom stereocenters. The molecule has 0 unspecified atom stereocenters. The largest absolute Gasteiger partial charge is 0.512 e. The highest BCUT2D eigenvalue weighted by Crippen LogP contribution is 2.25. The number of allylic oxidation sites excluding steroid dienone is 2. The van der Waals surface area contributed by atoms with Gasteiger partial charge in [-0.2, -0.15) is 0 Å². The minimum atomic E-state index is 0.122. The van der Waals surface area contributed by atoms with Crippen LogP contribution in [0.4, 0.5) is 0 Å². The van der Waals surface area contributed by atoms with Gasteiger partial charge in [-0.15, -0.1) is 0 Å². The summed E-state index contributed by atoms with van der Waals surface area (Å²) in [6.45, 7) is 9.44. The Bertz CT molecular complexity index is 1170. The first kappa shape index (κ1) is 24.0. The van der Waals surface area contributed by atoms with E-state index in [0.29, 0.717) is 17.0 Å². The first-order valence-corrected chi connectivity index (χ1v) is 12.0. The second-order valence-corrected chi connectivity index (χ2v) is 8.91. The second-order valence-electron chi connectivity index (χ2n) is 8.91. The fraction of sp³-hybridized carbons (Fsp3) is 0.407. The molecule has 3 heterocycles. The molecule has 1 saturated heterocycles. The number of benzene rings is 1. The van der Waals surface area contributed by atoms with Crippen LogP contribution in [0.3, 0.4) is 0 Å². The average molecular weight is 462 g/mol. The Labute approximate surface area is 201 Å². The van der Waals surface area contributed by atoms with Crippen LogP contribution in [-0.4, -0.2) is 65.1 Å². The number of hydrogen-bond acceptors (Lipinski definition) is 6. The summed E-state index contributed by atoms with van der Waals surface area (Å²) < 4.78 is 7.68. The van der Waals surface area contributed by atoms with Gasteiger partial charge >= 0.3 is 0 Å². The van der Waals surface area contributed by atoms with E-state index in [1.165, 1.54) is 11.3 Å². The number of aromatic nitrogens is 2. The monoisotopic (exact) mass is 461 g/mol. The molecule has 0 spiro atoms. The number of fused-ring (bicyclic) bond motifs is 1. The van der Waals surface area contributed by atoms with Crippen LogP contribution in [0.5, 0.6) is 5.75 Å². The number of methoxy groups -OCH3 is 1. The maximum Gasteiger partial charge on any atom is 0.118 e. The topological polar surface area (TPSA) is 86.4 Å². The first-order chi connectivity index (χ1) is 16.5. The highest BCUT2D eigenvalue weighted by molar-refractivity contribution is 6.21. The van der Waals surface area contributed by atoms with Crippen LogP contribution < -0.4 is 10.1 Å². The molecule has 1 fully saturated rings. The van der Waals surface area contributed by atoms with E-state index in [-0.39, 0.29) is 5.76 Å². The van der Waals surface area contributed by atoms with Gasteiger partial charge < -0.3 is 25.1 Å². The molecule has 0 amide bonds. The van der Waals surface area contributed by atoms with Crippen LogP contribution in [0.2, 0.25) is 0 Å². The summed E-state index contributed by atoms with van der Waals surface area (Å²) in [5.74, 6) is 0.993. The van der Waals surface area contributed by atoms with Crippen LogP contribution in [0.25, 0.3) is 16.6 Å². The first-order valence-electron chi connectivity index (χ1n) is 12.0. The third kappa shape index (κ3) is 5.48. The number of aryl methyl sites for hydroxylation is 2. The molecule has 3 N–H and O–H groups in total. The SMILES string of the molecule is COc1ccc(CCc2cc3nc(/C(C(C)=N)=C(\C)O)ccc3n2CCN2CCNCC2)cc1. The summed E-state index contributed by atoms with van der Waals surface area (Å²) in [5.41, 5.74) is 5.97. The Balaban J connectivity index is 1.63. The lowest BCUT2D eigenvalue weighted by molar-refractivity contribution is 0.233. The fourth-order valence-electron chi connectivity index (χ4n) is 4.69. The minimum Gasteiger partial charge on any atom is -0.512 e. The number of nitrogens with one attached hydrogen (secondary N) is 2. The van der Waals surface area contributed by atoms with Crippen LogP contribution in [-0.2, 0) is 19.4 Å². The van der Waals surface area contributed by atoms with Crippen LogP contribution in [0.15, 0.2) is 48.2 Å². The van der Waals surface area contributed by atoms with Gasteiger partial charge in [-0.3, -0.25) is 4.90 Å². The van der Waals surface area contributed by atoms with Crippen molar-refractivity contribution in [2.24, 2.45) is 0 Å². The molecule has 2 aromatic heterocycles. The van der Waals surface area contributed by atoms with Gasteiger partial charge in [0.05, 0.1) is 29.4 Å². The van der Waals surface area contributed by atoms with Crippen molar-refractivity contribution in [3.05, 3.63) is 65.2 Å². The lowest BCUT2D eigenvalue weighted by Crippen LogP contribution is -2.44. The lowest BCUT2D eigenvalue weighted by Gasteiger charge is -2.27. The highest BCUT2D eigenvalue weighted by Gasteiger charge is 2.16. The summed E-state index contributed by atoms with van der Waals surface area (Å²) >= 11 is 0. The van der Waals surface area contributed by atoms with E-state index in [1.807, 2.05) is 18.2 Å². The van der Waals surface area contributed by atoms with Gasteiger partial charge in [0, 0.05) is 50.7 Å². The highest BCUT2D eigenvalue weighted by atomic mass is 16.5. The summed E-state index contributed by atoms with van der Waals surface area (Å²) in [4.78, 5) is 7.36. The smallest absolute Gasteiger partial charge is 0.118 e. The quantitative estimate of drug-likeness (QED) is 0.330. The molecule has 3 aromatic rings. The third-order valence-corrected chi connectivity index (χ3v) is 6.51. The molecule has 0 radical (unpaired) electrons. The van der Waals surface area contributed by atoms with Crippen LogP contribution in [0, 0.1) is 5.41 Å². The number of aliphatic hydroxyl groups excluding tert-OH is 1. The third-order valence-electron chi connectivity index (χ3n) is 6.51. The summed E-state index contributed by atoms with van der Waals surface area (Å²) in [5, 5.41) is 21.6. The van der Waals surface area contributed by atoms with Crippen molar-refractivity contribution in [1.82, 2.24) is 19.8 Å². The van der Waals surface area contributed by atoms with E-state index in [1.54, 1.807) is 21.0 Å². The predicted octanol–water partition coefficient (Wildman–Crippen LogP) is 4.06. The van der Waals surface area contributed by atoms with Crippen molar-refractivity contribution >= 4 is 22.3 Å². The fourth-order valence-corrected chi connectivity index (χ4v) is 4.69. The van der Waals surface area contributed by atoms with Crippen molar-refractivity contribution in [2.45, 2.75) is 33.2 Å². The predicted molar refractivity (Wildman–Crippen MR) is 138 cm³/mol. The second kappa shape index (κ2) is 10.8. The van der Waals surface area contributed by atoms with E-state index >= 15 is 0 Å². The van der Waals surface area contributed by atoms with E-state index in [0.717, 1.165) is 68.9 Å². The van der Waals surface area contributed by atoms with Gasteiger partial charge in [-0.25, -0.2) is 4.98 Å². The number of ether oxygens (including phenoxy) is 1. The molecule has 34 heavy (non-hydrogen) atoms. The van der Waals surface area contributed by atoms with Crippen molar-refractivity contribution in [3.8, 4) is 5.75 Å². The van der Waals surface area contributed by atoms with Gasteiger partial charge in [0.25, 0.3) is 0 Å². The lowest BCUT2D eigenvalue weighted by atomic mass is 10.1. The minimum absolute atomic E-state index is 0.122. The van der Waals surface area contributed by atoms with Gasteiger partial charge in [0.2, 0.25) is 0 Å². The molecular weight excluding hydrogens is 426 g/mol.